The van der Waals surface area contributed by atoms with Gasteiger partial charge in [0.05, 0.1) is 17.8 Å². The molecule has 0 saturated carbocycles. The monoisotopic (exact) mass is 456 g/mol. The van der Waals surface area contributed by atoms with Crippen LogP contribution >= 0.6 is 12.2 Å². The standard InChI is InChI=1S/C26H24N4O2S/c31-24-21-9-4-5-10-22(21)30(25(32)23-11-6-16-29(23)24)17-18-12-14-20(15-13-18)28-26(33)27-19-7-2-1-3-8-19/h1-5,7-10,12-15,23H,6,11,16-17H2,(H2,27,28,33). The molecule has 2 amide bonds. The molecule has 33 heavy (non-hydrogen) atoms. The Labute approximate surface area is 198 Å². The molecule has 166 valence electrons. The summed E-state index contributed by atoms with van der Waals surface area (Å²) >= 11 is 5.40. The minimum absolute atomic E-state index is 0.0127. The van der Waals surface area contributed by atoms with Gasteiger partial charge in [-0.25, -0.2) is 0 Å². The van der Waals surface area contributed by atoms with Crippen molar-refractivity contribution in [2.75, 3.05) is 22.1 Å². The van der Waals surface area contributed by atoms with E-state index < -0.39 is 0 Å². The molecule has 0 bridgehead atoms. The van der Waals surface area contributed by atoms with E-state index in [2.05, 4.69) is 10.6 Å². The van der Waals surface area contributed by atoms with E-state index in [-0.39, 0.29) is 17.9 Å². The number of benzene rings is 3. The van der Waals surface area contributed by atoms with Gasteiger partial charge in [0, 0.05) is 17.9 Å². The predicted octanol–water partition coefficient (Wildman–Crippen LogP) is 4.65. The summed E-state index contributed by atoms with van der Waals surface area (Å²) in [7, 11) is 0. The largest absolute Gasteiger partial charge is 0.332 e. The fraction of sp³-hybridized carbons (Fsp3) is 0.192. The van der Waals surface area contributed by atoms with Crippen molar-refractivity contribution in [1.82, 2.24) is 4.90 Å². The number of nitrogens with one attached hydrogen (secondary N) is 2. The van der Waals surface area contributed by atoms with E-state index in [0.29, 0.717) is 35.9 Å². The SMILES string of the molecule is O=C1C2CCCN2C(=O)c2ccccc2N1Cc1ccc(NC(=S)Nc2ccccc2)cc1. The average molecular weight is 457 g/mol. The smallest absolute Gasteiger partial charge is 0.256 e. The molecule has 3 aromatic rings. The number of rotatable bonds is 4. The molecule has 2 N–H and O–H groups in total. The van der Waals surface area contributed by atoms with Gasteiger partial charge in [-0.15, -0.1) is 0 Å². The third-order valence-corrected chi connectivity index (χ3v) is 6.28. The predicted molar refractivity (Wildman–Crippen MR) is 134 cm³/mol. The summed E-state index contributed by atoms with van der Waals surface area (Å²) in [5.41, 5.74) is 4.01. The van der Waals surface area contributed by atoms with E-state index in [1.807, 2.05) is 78.9 Å². The molecule has 0 aliphatic carbocycles. The summed E-state index contributed by atoms with van der Waals surface area (Å²) in [6.45, 7) is 1.04. The maximum absolute atomic E-state index is 13.4. The maximum atomic E-state index is 13.4. The van der Waals surface area contributed by atoms with Crippen LogP contribution in [0.4, 0.5) is 17.1 Å². The van der Waals surface area contributed by atoms with E-state index in [9.17, 15) is 9.59 Å². The number of anilines is 3. The molecule has 6 nitrogen and oxygen atoms in total. The topological polar surface area (TPSA) is 64.7 Å². The second-order valence-corrected chi connectivity index (χ2v) is 8.65. The van der Waals surface area contributed by atoms with E-state index in [0.717, 1.165) is 23.4 Å². The molecular weight excluding hydrogens is 432 g/mol. The molecule has 1 saturated heterocycles. The second kappa shape index (κ2) is 9.03. The van der Waals surface area contributed by atoms with Crippen LogP contribution in [0.1, 0.15) is 28.8 Å². The van der Waals surface area contributed by atoms with Gasteiger partial charge in [-0.05, 0) is 67.0 Å². The van der Waals surface area contributed by atoms with Crippen LogP contribution in [-0.2, 0) is 11.3 Å². The fourth-order valence-corrected chi connectivity index (χ4v) is 4.70. The molecule has 5 rings (SSSR count). The van der Waals surface area contributed by atoms with Crippen LogP contribution in [0.5, 0.6) is 0 Å². The van der Waals surface area contributed by atoms with Gasteiger partial charge in [0.1, 0.15) is 6.04 Å². The summed E-state index contributed by atoms with van der Waals surface area (Å²) in [6, 6.07) is 24.6. The zero-order chi connectivity index (χ0) is 22.8. The van der Waals surface area contributed by atoms with Crippen molar-refractivity contribution in [3.8, 4) is 0 Å². The van der Waals surface area contributed by atoms with Crippen molar-refractivity contribution in [2.24, 2.45) is 0 Å². The summed E-state index contributed by atoms with van der Waals surface area (Å²) in [5, 5.41) is 6.84. The molecule has 0 radical (unpaired) electrons. The minimum atomic E-state index is -0.382. The van der Waals surface area contributed by atoms with E-state index in [4.69, 9.17) is 12.2 Å². The maximum Gasteiger partial charge on any atom is 0.256 e. The number of hydrogen-bond donors (Lipinski definition) is 2. The number of para-hydroxylation sites is 2. The minimum Gasteiger partial charge on any atom is -0.332 e. The molecule has 2 aliphatic rings. The Kier molecular flexibility index (Phi) is 5.79. The lowest BCUT2D eigenvalue weighted by Gasteiger charge is -2.26. The number of thiocarbonyl (C=S) groups is 1. The number of amides is 2. The van der Waals surface area contributed by atoms with Gasteiger partial charge in [-0.2, -0.15) is 0 Å². The Balaban J connectivity index is 1.33. The molecule has 1 unspecified atom stereocenters. The molecular formula is C26H24N4O2S. The highest BCUT2D eigenvalue weighted by Gasteiger charge is 2.41. The Bertz CT molecular complexity index is 1200. The van der Waals surface area contributed by atoms with Crippen LogP contribution in [0.2, 0.25) is 0 Å². The first kappa shape index (κ1) is 21.2. The highest BCUT2D eigenvalue weighted by molar-refractivity contribution is 7.80. The van der Waals surface area contributed by atoms with Gasteiger partial charge >= 0.3 is 0 Å². The summed E-state index contributed by atoms with van der Waals surface area (Å²) in [5.74, 6) is -0.0656. The fourth-order valence-electron chi connectivity index (χ4n) is 4.46. The molecule has 2 heterocycles. The van der Waals surface area contributed by atoms with Crippen molar-refractivity contribution in [3.05, 3.63) is 90.0 Å². The lowest BCUT2D eigenvalue weighted by atomic mass is 10.1. The number of fused-ring (bicyclic) bond motifs is 2. The zero-order valence-electron chi connectivity index (χ0n) is 18.0. The average Bonchev–Trinajstić information content (AvgIpc) is 3.31. The Morgan fingerprint density at radius 2 is 1.55 bits per heavy atom. The van der Waals surface area contributed by atoms with Gasteiger partial charge in [-0.1, -0.05) is 42.5 Å². The summed E-state index contributed by atoms with van der Waals surface area (Å²) in [6.07, 6.45) is 1.57. The van der Waals surface area contributed by atoms with Gasteiger partial charge in [0.15, 0.2) is 5.11 Å². The first-order valence-corrected chi connectivity index (χ1v) is 11.4. The van der Waals surface area contributed by atoms with Crippen molar-refractivity contribution in [1.29, 1.82) is 0 Å². The lowest BCUT2D eigenvalue weighted by molar-refractivity contribution is -0.122. The Hall–Kier alpha value is -3.71. The highest BCUT2D eigenvalue weighted by atomic mass is 32.1. The molecule has 0 spiro atoms. The third kappa shape index (κ3) is 4.32. The Morgan fingerprint density at radius 3 is 2.30 bits per heavy atom. The van der Waals surface area contributed by atoms with Gasteiger partial charge < -0.3 is 20.4 Å². The van der Waals surface area contributed by atoms with Crippen LogP contribution in [0.25, 0.3) is 0 Å². The first-order chi connectivity index (χ1) is 16.1. The summed E-state index contributed by atoms with van der Waals surface area (Å²) < 4.78 is 0. The molecule has 1 atom stereocenters. The number of hydrogen-bond acceptors (Lipinski definition) is 3. The second-order valence-electron chi connectivity index (χ2n) is 8.24. The van der Waals surface area contributed by atoms with Crippen LogP contribution in [0.3, 0.4) is 0 Å². The first-order valence-electron chi connectivity index (χ1n) is 11.0. The molecule has 7 heteroatoms. The Morgan fingerprint density at radius 1 is 0.879 bits per heavy atom. The van der Waals surface area contributed by atoms with Crippen LogP contribution in [-0.4, -0.2) is 34.4 Å². The van der Waals surface area contributed by atoms with Crippen LogP contribution in [0, 0.1) is 0 Å². The zero-order valence-corrected chi connectivity index (χ0v) is 18.8. The number of carbonyl (C=O) groups excluding carboxylic acids is 2. The van der Waals surface area contributed by atoms with Crippen molar-refractivity contribution < 1.29 is 9.59 Å². The van der Waals surface area contributed by atoms with Gasteiger partial charge in [-0.3, -0.25) is 9.59 Å². The van der Waals surface area contributed by atoms with Gasteiger partial charge in [0.25, 0.3) is 5.91 Å². The van der Waals surface area contributed by atoms with Crippen molar-refractivity contribution in [2.45, 2.75) is 25.4 Å². The highest BCUT2D eigenvalue weighted by Crippen LogP contribution is 2.33. The molecule has 1 fully saturated rings. The number of nitrogens with zero attached hydrogens (tertiary/aromatic N) is 2. The third-order valence-electron chi connectivity index (χ3n) is 6.07. The van der Waals surface area contributed by atoms with Crippen LogP contribution in [0.15, 0.2) is 78.9 Å². The molecule has 3 aromatic carbocycles. The normalized spacial score (nSPS) is 17.3. The van der Waals surface area contributed by atoms with E-state index in [1.165, 1.54) is 0 Å². The van der Waals surface area contributed by atoms with Gasteiger partial charge in [0.2, 0.25) is 5.91 Å². The number of carbonyl (C=O) groups is 2. The summed E-state index contributed by atoms with van der Waals surface area (Å²) in [4.78, 5) is 30.0. The van der Waals surface area contributed by atoms with E-state index in [1.54, 1.807) is 9.80 Å². The van der Waals surface area contributed by atoms with E-state index >= 15 is 0 Å². The molecule has 2 aliphatic heterocycles. The lowest BCUT2D eigenvalue weighted by Crippen LogP contribution is -2.44. The molecule has 0 aromatic heterocycles. The van der Waals surface area contributed by atoms with Crippen LogP contribution < -0.4 is 15.5 Å². The quantitative estimate of drug-likeness (QED) is 0.560. The van der Waals surface area contributed by atoms with Crippen molar-refractivity contribution >= 4 is 46.2 Å². The van der Waals surface area contributed by atoms with Crippen molar-refractivity contribution in [3.63, 3.8) is 0 Å².